The summed E-state index contributed by atoms with van der Waals surface area (Å²) in [5.74, 6) is 0. The molecule has 0 atom stereocenters. The van der Waals surface area contributed by atoms with Crippen molar-refractivity contribution >= 4 is 0 Å². The van der Waals surface area contributed by atoms with Crippen molar-refractivity contribution in [2.24, 2.45) is 7.05 Å². The third kappa shape index (κ3) is 46.6. The number of rotatable bonds is 3. The van der Waals surface area contributed by atoms with Crippen molar-refractivity contribution in [3.63, 3.8) is 0 Å². The molecule has 0 fully saturated rings. The summed E-state index contributed by atoms with van der Waals surface area (Å²) in [6.45, 7) is 0.333. The molecule has 0 spiro atoms. The van der Waals surface area contributed by atoms with Gasteiger partial charge < -0.3 is 37.1 Å². The molecule has 1 aromatic rings. The molecule has 0 aliphatic heterocycles. The molecule has 8 nitrogen and oxygen atoms in total. The smallest absolute Gasteiger partial charge is 0.676 e. The molecular weight excluding hydrogens is 294 g/mol. The molecule has 0 bridgehead atoms. The summed E-state index contributed by atoms with van der Waals surface area (Å²) in [4.78, 5) is 3.78. The SMILES string of the molecule is Cn1ccnc1.[Fe+3].[NH-]CCO.[NH-]CCO.[NH-]CCO. The minimum atomic E-state index is -0.0139. The number of imidazole rings is 1. The van der Waals surface area contributed by atoms with Gasteiger partial charge in [0.2, 0.25) is 0 Å². The maximum absolute atomic E-state index is 7.69. The van der Waals surface area contributed by atoms with Crippen molar-refractivity contribution in [2.45, 2.75) is 0 Å². The molecule has 0 saturated carbocycles. The first kappa shape index (κ1) is 26.9. The number of hydrogen-bond acceptors (Lipinski definition) is 4. The molecule has 1 rings (SSSR count). The maximum Gasteiger partial charge on any atom is 3.00 e. The molecule has 0 amide bonds. The van der Waals surface area contributed by atoms with Crippen molar-refractivity contribution in [1.82, 2.24) is 9.55 Å². The van der Waals surface area contributed by atoms with Gasteiger partial charge in [-0.05, 0) is 0 Å². The van der Waals surface area contributed by atoms with Crippen LogP contribution >= 0.6 is 0 Å². The minimum absolute atomic E-state index is 0. The molecule has 1 radical (unpaired) electrons. The Labute approximate surface area is 125 Å². The summed E-state index contributed by atoms with van der Waals surface area (Å²) in [6.07, 6.45) is 5.39. The van der Waals surface area contributed by atoms with E-state index < -0.39 is 0 Å². The fraction of sp³-hybridized carbons (Fsp3) is 0.700. The zero-order valence-electron chi connectivity index (χ0n) is 11.1. The fourth-order valence-corrected chi connectivity index (χ4v) is 0.326. The van der Waals surface area contributed by atoms with Crippen molar-refractivity contribution < 1.29 is 32.4 Å². The molecule has 0 aliphatic carbocycles. The van der Waals surface area contributed by atoms with Gasteiger partial charge in [-0.1, -0.05) is 0 Å². The molecule has 0 unspecified atom stereocenters. The number of nitrogens with one attached hydrogen (secondary N) is 3. The van der Waals surface area contributed by atoms with Gasteiger partial charge in [-0.15, -0.1) is 19.6 Å². The summed E-state index contributed by atoms with van der Waals surface area (Å²) in [5, 5.41) is 23.1. The predicted octanol–water partition coefficient (Wildman–Crippen LogP) is 0.510. The third-order valence-electron chi connectivity index (χ3n) is 0.972. The van der Waals surface area contributed by atoms with Gasteiger partial charge in [0, 0.05) is 39.3 Å². The van der Waals surface area contributed by atoms with E-state index >= 15 is 0 Å². The van der Waals surface area contributed by atoms with Crippen LogP contribution in [0, 0.1) is 0 Å². The summed E-state index contributed by atoms with van der Waals surface area (Å²) in [6, 6.07) is 0. The van der Waals surface area contributed by atoms with Crippen LogP contribution in [0.1, 0.15) is 0 Å². The molecule has 6 N–H and O–H groups in total. The van der Waals surface area contributed by atoms with Crippen molar-refractivity contribution in [1.29, 1.82) is 0 Å². The molecule has 1 heterocycles. The van der Waals surface area contributed by atoms with Crippen LogP contribution in [-0.4, -0.2) is 64.3 Å². The van der Waals surface area contributed by atoms with Gasteiger partial charge in [0.1, 0.15) is 0 Å². The van der Waals surface area contributed by atoms with E-state index in [4.69, 9.17) is 32.5 Å². The second-order valence-electron chi connectivity index (χ2n) is 2.65. The topological polar surface area (TPSA) is 150 Å². The average molecular weight is 318 g/mol. The molecule has 115 valence electrons. The summed E-state index contributed by atoms with van der Waals surface area (Å²) < 4.78 is 1.89. The van der Waals surface area contributed by atoms with Crippen molar-refractivity contribution in [3.05, 3.63) is 35.9 Å². The number of aryl methyl sites for hydroxylation is 1. The number of aromatic nitrogens is 2. The second-order valence-corrected chi connectivity index (χ2v) is 2.65. The number of aliphatic hydroxyl groups is 3. The van der Waals surface area contributed by atoms with Gasteiger partial charge in [0.25, 0.3) is 0 Å². The van der Waals surface area contributed by atoms with E-state index in [0.29, 0.717) is 0 Å². The van der Waals surface area contributed by atoms with E-state index in [9.17, 15) is 0 Å². The predicted molar refractivity (Wildman–Crippen MR) is 72.0 cm³/mol. The average Bonchev–Trinajstić information content (AvgIpc) is 2.90. The Morgan fingerprint density at radius 3 is 1.32 bits per heavy atom. The normalized spacial score (nSPS) is 7.53. The Morgan fingerprint density at radius 2 is 1.26 bits per heavy atom. The van der Waals surface area contributed by atoms with Gasteiger partial charge in [-0.3, -0.25) is 0 Å². The van der Waals surface area contributed by atoms with Crippen LogP contribution in [0.3, 0.4) is 0 Å². The van der Waals surface area contributed by atoms with Gasteiger partial charge in [0.15, 0.2) is 0 Å². The maximum atomic E-state index is 7.69. The Balaban J connectivity index is -0.0000000796. The molecule has 19 heavy (non-hydrogen) atoms. The first-order valence-corrected chi connectivity index (χ1v) is 5.32. The monoisotopic (exact) mass is 318 g/mol. The Morgan fingerprint density at radius 1 is 0.947 bits per heavy atom. The Bertz CT molecular complexity index is 188. The van der Waals surface area contributed by atoms with Crippen molar-refractivity contribution in [2.75, 3.05) is 39.5 Å². The first-order valence-electron chi connectivity index (χ1n) is 5.32. The number of aliphatic hydroxyl groups excluding tert-OH is 3. The van der Waals surface area contributed by atoms with E-state index in [1.165, 1.54) is 0 Å². The molecule has 9 heteroatoms. The van der Waals surface area contributed by atoms with Gasteiger partial charge in [-0.25, -0.2) is 4.98 Å². The Kier molecular flexibility index (Phi) is 43.2. The van der Waals surface area contributed by atoms with Crippen LogP contribution in [0.4, 0.5) is 0 Å². The number of hydrogen-bond donors (Lipinski definition) is 3. The standard InChI is InChI=1S/C4H6N2.3C2H6NO.Fe/c1-6-3-2-5-4-6;3*3-1-2-4;/h2-4H,1H3;3*3-4H,1-2H2;/q;3*-1;+3. The van der Waals surface area contributed by atoms with Crippen LogP contribution < -0.4 is 0 Å². The second kappa shape index (κ2) is 30.5. The van der Waals surface area contributed by atoms with E-state index in [0.717, 1.165) is 0 Å². The first-order chi connectivity index (χ1) is 8.64. The van der Waals surface area contributed by atoms with E-state index in [1.807, 2.05) is 17.8 Å². The largest absolute Gasteiger partial charge is 3.00 e. The molecular formula is C10H24FeN5O3. The van der Waals surface area contributed by atoms with Crippen molar-refractivity contribution in [3.8, 4) is 0 Å². The summed E-state index contributed by atoms with van der Waals surface area (Å²) >= 11 is 0. The van der Waals surface area contributed by atoms with Gasteiger partial charge >= 0.3 is 17.1 Å². The molecule has 0 aliphatic rings. The third-order valence-corrected chi connectivity index (χ3v) is 0.972. The van der Waals surface area contributed by atoms with E-state index in [-0.39, 0.29) is 56.5 Å². The fourth-order valence-electron chi connectivity index (χ4n) is 0.326. The van der Waals surface area contributed by atoms with E-state index in [1.54, 1.807) is 12.5 Å². The molecule has 0 saturated heterocycles. The zero-order valence-corrected chi connectivity index (χ0v) is 12.2. The van der Waals surface area contributed by atoms with Crippen LogP contribution in [0.25, 0.3) is 17.2 Å². The quantitative estimate of drug-likeness (QED) is 0.696. The summed E-state index contributed by atoms with van der Waals surface area (Å²) in [7, 11) is 1.94. The van der Waals surface area contributed by atoms with Gasteiger partial charge in [-0.2, -0.15) is 0 Å². The van der Waals surface area contributed by atoms with Crippen LogP contribution in [0.15, 0.2) is 18.7 Å². The van der Waals surface area contributed by atoms with Crippen LogP contribution in [0.5, 0.6) is 0 Å². The van der Waals surface area contributed by atoms with Crippen LogP contribution in [0.2, 0.25) is 0 Å². The summed E-state index contributed by atoms with van der Waals surface area (Å²) in [5.41, 5.74) is 18.6. The van der Waals surface area contributed by atoms with E-state index in [2.05, 4.69) is 4.98 Å². The van der Waals surface area contributed by atoms with Gasteiger partial charge in [0.05, 0.1) is 6.33 Å². The molecule has 1 aromatic heterocycles. The Hall–Kier alpha value is -0.511. The zero-order chi connectivity index (χ0) is 14.6. The van der Waals surface area contributed by atoms with Crippen LogP contribution in [-0.2, 0) is 24.1 Å². The minimum Gasteiger partial charge on any atom is -0.676 e. The molecule has 0 aromatic carbocycles. The number of nitrogens with zero attached hydrogens (tertiary/aromatic N) is 2.